The highest BCUT2D eigenvalue weighted by molar-refractivity contribution is 7.19. The van der Waals surface area contributed by atoms with E-state index in [-0.39, 0.29) is 22.2 Å². The predicted molar refractivity (Wildman–Crippen MR) is 287 cm³/mol. The second-order valence-electron chi connectivity index (χ2n) is 15.7. The molecule has 0 aliphatic carbocycles. The summed E-state index contributed by atoms with van der Waals surface area (Å²) in [4.78, 5) is 14.4. The molecule has 0 saturated carbocycles. The molecular weight excluding hydrogens is 857 g/mol. The maximum absolute atomic E-state index is 9.72. The molecule has 324 valence electrons. The first-order valence-electron chi connectivity index (χ1n) is 33.0. The van der Waals surface area contributed by atoms with Gasteiger partial charge in [0.15, 0.2) is 25.5 Å². The quantitative estimate of drug-likeness (QED) is 0.107. The Morgan fingerprint density at radius 1 is 0.362 bits per heavy atom. The van der Waals surface area contributed by atoms with Crippen molar-refractivity contribution < 1.29 is 35.9 Å². The molecule has 0 atom stereocenters. The summed E-state index contributed by atoms with van der Waals surface area (Å²) < 4.78 is 216. The highest BCUT2D eigenvalue weighted by atomic mass is 28.3. The average molecular weight is 922 g/mol. The first-order chi connectivity index (χ1) is 43.8. The Hall–Kier alpha value is -8.97. The van der Waals surface area contributed by atoms with Crippen LogP contribution in [0.3, 0.4) is 0 Å². The van der Waals surface area contributed by atoms with Crippen LogP contribution < -0.4 is 20.7 Å². The van der Waals surface area contributed by atoms with Crippen LogP contribution in [0.1, 0.15) is 31.5 Å². The Morgan fingerprint density at radius 3 is 1.45 bits per heavy atom. The molecule has 0 aliphatic heterocycles. The zero-order chi connectivity index (χ0) is 65.7. The molecule has 0 spiro atoms. The molecule has 3 aromatic heterocycles. The second-order valence-corrected chi connectivity index (χ2v) is 19.6. The molecule has 0 fully saturated rings. The number of nitrogens with zero attached hydrogens (tertiary/aromatic N) is 4. The highest BCUT2D eigenvalue weighted by Gasteiger charge is 2.41. The van der Waals surface area contributed by atoms with E-state index in [1.54, 1.807) is 12.1 Å². The smallest absolute Gasteiger partial charge is 0.179 e. The molecule has 13 aromatic rings. The summed E-state index contributed by atoms with van der Waals surface area (Å²) >= 11 is 0. The van der Waals surface area contributed by atoms with Crippen LogP contribution in [0, 0.1) is 0 Å². The van der Waals surface area contributed by atoms with Gasteiger partial charge in [0.05, 0.1) is 48.2 Å². The molecular formula is C63H42N4OSi. The largest absolute Gasteiger partial charge is 0.456 e. The van der Waals surface area contributed by atoms with Crippen LogP contribution in [0.2, 0.25) is 0 Å². The minimum atomic E-state index is -3.22. The number of rotatable bonds is 9. The Morgan fingerprint density at radius 2 is 0.826 bits per heavy atom. The van der Waals surface area contributed by atoms with E-state index in [0.717, 1.165) is 25.3 Å². The van der Waals surface area contributed by atoms with Gasteiger partial charge < -0.3 is 8.98 Å². The number of hydrogen-bond acceptors (Lipinski definition) is 4. The number of fused-ring (bicyclic) bond motifs is 6. The Labute approximate surface area is 432 Å². The SMILES string of the molecule is [2H]c1c([2H])c([2H])c(-n2c3c([2H])c([2H])c([2H])c([2H])c3c3c([2H])c([2H])c([2H])c([2H])c32)c(-c2nc(-c3ccc([Si](c4ccccc4)(c4ccccc4)c4ccccc4)cc3)nc(-c3c([2H])c([2H])c(-c4c([2H])c([2H])c5oc6c([2H])c([2H])c([2H])c([2H])c6c5c4[2H])c([2H])c3[2H])n2)c1[2H]. The van der Waals surface area contributed by atoms with Crippen LogP contribution in [-0.2, 0) is 0 Å². The van der Waals surface area contributed by atoms with Crippen LogP contribution in [-0.4, -0.2) is 27.6 Å². The molecule has 13 rings (SSSR count). The molecule has 0 bridgehead atoms. The maximum atomic E-state index is 9.72. The lowest BCUT2D eigenvalue weighted by atomic mass is 10.0. The topological polar surface area (TPSA) is 56.7 Å². The zero-order valence-corrected chi connectivity index (χ0v) is 36.7. The van der Waals surface area contributed by atoms with E-state index >= 15 is 0 Å². The van der Waals surface area contributed by atoms with Crippen LogP contribution in [0.5, 0.6) is 0 Å². The summed E-state index contributed by atoms with van der Waals surface area (Å²) in [6, 6.07) is 18.5. The first kappa shape index (κ1) is 23.2. The number of aromatic nitrogens is 4. The Kier molecular flexibility index (Phi) is 5.61. The van der Waals surface area contributed by atoms with Gasteiger partial charge in [-0.1, -0.05) is 212 Å². The molecule has 0 unspecified atom stereocenters. The summed E-state index contributed by atoms with van der Waals surface area (Å²) in [6.45, 7) is 0. The molecule has 3 heterocycles. The van der Waals surface area contributed by atoms with Gasteiger partial charge in [-0.15, -0.1) is 0 Å². The normalized spacial score (nSPS) is 16.4. The van der Waals surface area contributed by atoms with Crippen LogP contribution in [0.15, 0.2) is 259 Å². The molecule has 6 heteroatoms. The number of para-hydroxylation sites is 4. The van der Waals surface area contributed by atoms with E-state index in [2.05, 4.69) is 36.4 Å². The molecule has 0 amide bonds. The molecule has 0 N–H and O–H groups in total. The Bertz CT molecular complexity index is 5180. The van der Waals surface area contributed by atoms with Gasteiger partial charge in [-0.05, 0) is 74.2 Å². The summed E-state index contributed by atoms with van der Waals surface area (Å²) in [5, 5.41) is 2.39. The minimum Gasteiger partial charge on any atom is -0.456 e. The van der Waals surface area contributed by atoms with Crippen LogP contribution in [0.25, 0.3) is 94.7 Å². The van der Waals surface area contributed by atoms with Crippen molar-refractivity contribution in [1.29, 1.82) is 0 Å². The van der Waals surface area contributed by atoms with Gasteiger partial charge in [0.1, 0.15) is 11.2 Å². The lowest BCUT2D eigenvalue weighted by Crippen LogP contribution is -2.74. The third-order valence-electron chi connectivity index (χ3n) is 12.0. The van der Waals surface area contributed by atoms with E-state index < -0.39 is 220 Å². The lowest BCUT2D eigenvalue weighted by Gasteiger charge is -2.34. The summed E-state index contributed by atoms with van der Waals surface area (Å²) in [6.07, 6.45) is 0. The number of benzene rings is 10. The number of furan rings is 1. The molecule has 10 aromatic carbocycles. The molecule has 5 nitrogen and oxygen atoms in total. The van der Waals surface area contributed by atoms with Crippen molar-refractivity contribution >= 4 is 72.6 Å². The van der Waals surface area contributed by atoms with Gasteiger partial charge in [0, 0.05) is 38.2 Å². The second kappa shape index (κ2) is 16.7. The van der Waals surface area contributed by atoms with Crippen molar-refractivity contribution in [3.05, 3.63) is 254 Å². The van der Waals surface area contributed by atoms with E-state index in [0.29, 0.717) is 0 Å². The summed E-state index contributed by atoms with van der Waals surface area (Å²) in [5.41, 5.74) is -5.04. The van der Waals surface area contributed by atoms with Crippen LogP contribution in [0.4, 0.5) is 0 Å². The Balaban J connectivity index is 1.13. The van der Waals surface area contributed by atoms with Crippen molar-refractivity contribution in [2.45, 2.75) is 0 Å². The van der Waals surface area contributed by atoms with Crippen molar-refractivity contribution in [2.24, 2.45) is 0 Å². The van der Waals surface area contributed by atoms with E-state index in [1.165, 1.54) is 0 Å². The average Bonchev–Trinajstić information content (AvgIpc) is 1.23. The fourth-order valence-electron chi connectivity index (χ4n) is 8.92. The van der Waals surface area contributed by atoms with Crippen molar-refractivity contribution in [3.63, 3.8) is 0 Å². The first-order valence-corrected chi connectivity index (χ1v) is 23.5. The van der Waals surface area contributed by atoms with Gasteiger partial charge in [0.25, 0.3) is 0 Å². The minimum absolute atomic E-state index is 0.198. The van der Waals surface area contributed by atoms with E-state index in [9.17, 15) is 12.3 Å². The molecule has 69 heavy (non-hydrogen) atoms. The summed E-state index contributed by atoms with van der Waals surface area (Å²) in [7, 11) is -3.22. The lowest BCUT2D eigenvalue weighted by molar-refractivity contribution is 0.669. The van der Waals surface area contributed by atoms with Crippen molar-refractivity contribution in [3.8, 4) is 51.0 Å². The van der Waals surface area contributed by atoms with Gasteiger partial charge in [-0.25, -0.2) is 15.0 Å². The molecule has 0 radical (unpaired) electrons. The predicted octanol–water partition coefficient (Wildman–Crippen LogP) is 12.9. The van der Waals surface area contributed by atoms with Gasteiger partial charge >= 0.3 is 0 Å². The van der Waals surface area contributed by atoms with Crippen molar-refractivity contribution in [2.75, 3.05) is 0 Å². The van der Waals surface area contributed by atoms with Gasteiger partial charge in [-0.3, -0.25) is 0 Å². The summed E-state index contributed by atoms with van der Waals surface area (Å²) in [5.74, 6) is -1.62. The maximum Gasteiger partial charge on any atom is 0.179 e. The van der Waals surface area contributed by atoms with E-state index in [1.807, 2.05) is 66.7 Å². The monoisotopic (exact) mass is 921 g/mol. The fraction of sp³-hybridized carbons (Fsp3) is 0. The highest BCUT2D eigenvalue weighted by Crippen LogP contribution is 2.37. The van der Waals surface area contributed by atoms with Crippen molar-refractivity contribution in [1.82, 2.24) is 19.5 Å². The van der Waals surface area contributed by atoms with Gasteiger partial charge in [0.2, 0.25) is 0 Å². The van der Waals surface area contributed by atoms with E-state index in [4.69, 9.17) is 38.6 Å². The standard InChI is InChI=1S/C63H42N4OSi/c1-4-18-47(19-5-1)69(48-20-6-2-7-21-48,49-22-8-3-9-23-49)50-39-36-45(37-40-50)62-64-61(44-34-32-43(33-35-44)46-38-41-60-55(42-46)53-26-13-17-31-59(53)68-60)65-63(66-62)54-27-12-16-30-58(54)67-56-28-14-10-24-51(56)52-25-11-15-29-57(52)67/h1-42H/i10D,11D,12D,13D,14D,15D,16D,17D,24D,25D,26D,27D,28D,29D,30D,31D,32D,33D,34D,35D,38D,41D,42D. The van der Waals surface area contributed by atoms with Crippen LogP contribution >= 0.6 is 0 Å². The molecule has 0 saturated heterocycles. The zero-order valence-electron chi connectivity index (χ0n) is 58.7. The fourth-order valence-corrected chi connectivity index (χ4v) is 13.7. The third-order valence-corrected chi connectivity index (χ3v) is 16.8. The third kappa shape index (κ3) is 6.80. The molecule has 0 aliphatic rings. The number of hydrogen-bond donors (Lipinski definition) is 0. The van der Waals surface area contributed by atoms with Gasteiger partial charge in [-0.2, -0.15) is 0 Å².